The Morgan fingerprint density at radius 3 is 2.37 bits per heavy atom. The summed E-state index contributed by atoms with van der Waals surface area (Å²) in [7, 11) is 1.61. The molecule has 0 aromatic heterocycles. The van der Waals surface area contributed by atoms with E-state index in [9.17, 15) is 9.59 Å². The van der Waals surface area contributed by atoms with Gasteiger partial charge >= 0.3 is 0 Å². The van der Waals surface area contributed by atoms with Crippen molar-refractivity contribution in [3.05, 3.63) is 94.0 Å². The first-order chi connectivity index (χ1) is 18.3. The number of carbonyl (C=O) groups excluding carboxylic acids is 2. The second kappa shape index (κ2) is 14.6. The molecule has 0 fully saturated rings. The van der Waals surface area contributed by atoms with E-state index in [1.807, 2.05) is 79.7 Å². The molecule has 1 atom stereocenters. The van der Waals surface area contributed by atoms with Gasteiger partial charge in [0.1, 0.15) is 17.5 Å². The highest BCUT2D eigenvalue weighted by Crippen LogP contribution is 2.29. The van der Waals surface area contributed by atoms with Gasteiger partial charge in [0.05, 0.1) is 11.6 Å². The van der Waals surface area contributed by atoms with Gasteiger partial charge in [-0.1, -0.05) is 69.3 Å². The van der Waals surface area contributed by atoms with Crippen LogP contribution < -0.4 is 14.8 Å². The number of halogens is 1. The maximum absolute atomic E-state index is 13.7. The number of benzene rings is 3. The maximum atomic E-state index is 13.7. The number of hydrogen-bond acceptors (Lipinski definition) is 4. The molecule has 0 saturated heterocycles. The minimum atomic E-state index is -0.710. The first kappa shape index (κ1) is 29.2. The zero-order valence-electron chi connectivity index (χ0n) is 22.6. The summed E-state index contributed by atoms with van der Waals surface area (Å²) >= 11 is 3.57. The van der Waals surface area contributed by atoms with Crippen LogP contribution in [-0.2, 0) is 22.6 Å². The van der Waals surface area contributed by atoms with E-state index in [0.29, 0.717) is 30.4 Å². The topological polar surface area (TPSA) is 67.9 Å². The highest BCUT2D eigenvalue weighted by molar-refractivity contribution is 9.10. The summed E-state index contributed by atoms with van der Waals surface area (Å²) in [6.45, 7) is 6.83. The number of nitrogens with zero attached hydrogens (tertiary/aromatic N) is 1. The van der Waals surface area contributed by atoms with Gasteiger partial charge in [0, 0.05) is 19.5 Å². The van der Waals surface area contributed by atoms with Crippen molar-refractivity contribution in [1.82, 2.24) is 10.2 Å². The molecule has 0 bridgehead atoms. The van der Waals surface area contributed by atoms with E-state index in [4.69, 9.17) is 9.47 Å². The fraction of sp³-hybridized carbons (Fsp3) is 0.355. The lowest BCUT2D eigenvalue weighted by Crippen LogP contribution is -2.51. The largest absolute Gasteiger partial charge is 0.497 e. The van der Waals surface area contributed by atoms with Crippen molar-refractivity contribution in [2.75, 3.05) is 20.3 Å². The highest BCUT2D eigenvalue weighted by atomic mass is 79.9. The number of rotatable bonds is 13. The summed E-state index contributed by atoms with van der Waals surface area (Å²) < 4.78 is 12.1. The minimum Gasteiger partial charge on any atom is -0.497 e. The third-order valence-electron chi connectivity index (χ3n) is 6.28. The lowest BCUT2D eigenvalue weighted by Gasteiger charge is -2.31. The van der Waals surface area contributed by atoms with Gasteiger partial charge in [0.15, 0.2) is 6.61 Å². The lowest BCUT2D eigenvalue weighted by molar-refractivity contribution is -0.142. The zero-order valence-corrected chi connectivity index (χ0v) is 24.2. The van der Waals surface area contributed by atoms with E-state index in [1.54, 1.807) is 12.0 Å². The number of hydrogen-bond donors (Lipinski definition) is 1. The van der Waals surface area contributed by atoms with Gasteiger partial charge in [-0.25, -0.2) is 0 Å². The highest BCUT2D eigenvalue weighted by Gasteiger charge is 2.30. The van der Waals surface area contributed by atoms with E-state index < -0.39 is 6.04 Å². The maximum Gasteiger partial charge on any atom is 0.261 e. The van der Waals surface area contributed by atoms with Crippen LogP contribution in [0.1, 0.15) is 49.8 Å². The van der Waals surface area contributed by atoms with Gasteiger partial charge in [0.25, 0.3) is 5.91 Å². The van der Waals surface area contributed by atoms with Crippen LogP contribution in [0.4, 0.5) is 0 Å². The fourth-order valence-corrected chi connectivity index (χ4v) is 4.61. The van der Waals surface area contributed by atoms with Crippen LogP contribution in [0.15, 0.2) is 77.3 Å². The molecular formula is C31H37BrN2O4. The summed E-state index contributed by atoms with van der Waals surface area (Å²) in [5.41, 5.74) is 3.01. The summed E-state index contributed by atoms with van der Waals surface area (Å²) in [4.78, 5) is 28.8. The van der Waals surface area contributed by atoms with Crippen molar-refractivity contribution in [1.29, 1.82) is 0 Å². The van der Waals surface area contributed by atoms with Crippen molar-refractivity contribution in [2.45, 2.75) is 52.1 Å². The zero-order chi connectivity index (χ0) is 27.5. The predicted molar refractivity (Wildman–Crippen MR) is 155 cm³/mol. The molecule has 0 aliphatic carbocycles. The molecular weight excluding hydrogens is 544 g/mol. The molecule has 0 spiro atoms. The predicted octanol–water partition coefficient (Wildman–Crippen LogP) is 6.13. The third kappa shape index (κ3) is 8.35. The van der Waals surface area contributed by atoms with E-state index >= 15 is 0 Å². The summed E-state index contributed by atoms with van der Waals surface area (Å²) in [5, 5.41) is 2.99. The van der Waals surface area contributed by atoms with E-state index in [0.717, 1.165) is 22.0 Å². The van der Waals surface area contributed by atoms with Crippen LogP contribution in [0.3, 0.4) is 0 Å². The standard InChI is InChI=1S/C31H37BrN2O4/c1-5-16-33-31(36)28(18-23-10-7-6-8-11-23)34(20-24-12-9-13-26(17-24)37-4)30(35)21-38-29-15-14-25(22(2)3)19-27(29)32/h6-15,17,19,22,28H,5,16,18,20-21H2,1-4H3,(H,33,36)/t28-/m1/s1. The fourth-order valence-electron chi connectivity index (χ4n) is 4.10. The van der Waals surface area contributed by atoms with Crippen LogP contribution in [0.25, 0.3) is 0 Å². The summed E-state index contributed by atoms with van der Waals surface area (Å²) in [6, 6.07) is 22.5. The van der Waals surface area contributed by atoms with Crippen molar-refractivity contribution in [3.63, 3.8) is 0 Å². The quantitative estimate of drug-likeness (QED) is 0.264. The van der Waals surface area contributed by atoms with Crippen molar-refractivity contribution >= 4 is 27.7 Å². The molecule has 6 nitrogen and oxygen atoms in total. The molecule has 3 rings (SSSR count). The van der Waals surface area contributed by atoms with Crippen molar-refractivity contribution in [2.24, 2.45) is 0 Å². The Bertz CT molecular complexity index is 1200. The van der Waals surface area contributed by atoms with E-state index in [-0.39, 0.29) is 25.0 Å². The van der Waals surface area contributed by atoms with Crippen molar-refractivity contribution < 1.29 is 19.1 Å². The Kier molecular flexibility index (Phi) is 11.2. The van der Waals surface area contributed by atoms with Crippen LogP contribution in [-0.4, -0.2) is 43.0 Å². The second-order valence-corrected chi connectivity index (χ2v) is 10.4. The van der Waals surface area contributed by atoms with E-state index in [1.165, 1.54) is 5.56 Å². The van der Waals surface area contributed by atoms with Gasteiger partial charge in [-0.15, -0.1) is 0 Å². The van der Waals surface area contributed by atoms with Gasteiger partial charge in [0.2, 0.25) is 5.91 Å². The lowest BCUT2D eigenvalue weighted by atomic mass is 10.0. The molecule has 3 aromatic carbocycles. The third-order valence-corrected chi connectivity index (χ3v) is 6.90. The molecule has 0 aliphatic heterocycles. The van der Waals surface area contributed by atoms with Crippen LogP contribution >= 0.6 is 15.9 Å². The van der Waals surface area contributed by atoms with Crippen LogP contribution in [0.2, 0.25) is 0 Å². The molecule has 2 amide bonds. The normalized spacial score (nSPS) is 11.6. The molecule has 0 aliphatic rings. The number of ether oxygens (including phenoxy) is 2. The molecule has 38 heavy (non-hydrogen) atoms. The average molecular weight is 582 g/mol. The molecule has 0 heterocycles. The molecule has 0 unspecified atom stereocenters. The number of amides is 2. The first-order valence-electron chi connectivity index (χ1n) is 13.0. The number of methoxy groups -OCH3 is 1. The molecule has 0 radical (unpaired) electrons. The van der Waals surface area contributed by atoms with Crippen molar-refractivity contribution in [3.8, 4) is 11.5 Å². The molecule has 3 aromatic rings. The molecule has 7 heteroatoms. The summed E-state index contributed by atoms with van der Waals surface area (Å²) in [6.07, 6.45) is 1.19. The van der Waals surface area contributed by atoms with Gasteiger partial charge < -0.3 is 19.7 Å². The SMILES string of the molecule is CCCNC(=O)[C@@H](Cc1ccccc1)N(Cc1cccc(OC)c1)C(=O)COc1ccc(C(C)C)cc1Br. The Morgan fingerprint density at radius 2 is 1.71 bits per heavy atom. The van der Waals surface area contributed by atoms with Gasteiger partial charge in [-0.05, 0) is 69.2 Å². The van der Waals surface area contributed by atoms with E-state index in [2.05, 4.69) is 35.1 Å². The second-order valence-electron chi connectivity index (χ2n) is 9.50. The Labute approximate surface area is 234 Å². The van der Waals surface area contributed by atoms with Crippen LogP contribution in [0.5, 0.6) is 11.5 Å². The molecule has 1 N–H and O–H groups in total. The number of nitrogens with one attached hydrogen (secondary N) is 1. The van der Waals surface area contributed by atoms with Gasteiger partial charge in [-0.2, -0.15) is 0 Å². The Hall–Kier alpha value is -3.32. The Balaban J connectivity index is 1.91. The summed E-state index contributed by atoms with van der Waals surface area (Å²) in [5.74, 6) is 1.19. The average Bonchev–Trinajstić information content (AvgIpc) is 2.93. The number of carbonyl (C=O) groups is 2. The first-order valence-corrected chi connectivity index (χ1v) is 13.8. The van der Waals surface area contributed by atoms with Crippen LogP contribution in [0, 0.1) is 0 Å². The smallest absolute Gasteiger partial charge is 0.261 e. The Morgan fingerprint density at radius 1 is 0.974 bits per heavy atom. The monoisotopic (exact) mass is 580 g/mol. The molecule has 202 valence electrons. The minimum absolute atomic E-state index is 0.186. The van der Waals surface area contributed by atoms with Gasteiger partial charge in [-0.3, -0.25) is 9.59 Å². The molecule has 0 saturated carbocycles.